The van der Waals surface area contributed by atoms with E-state index in [4.69, 9.17) is 16.3 Å². The van der Waals surface area contributed by atoms with E-state index in [1.165, 1.54) is 11.3 Å². The second-order valence-corrected chi connectivity index (χ2v) is 12.7. The highest BCUT2D eigenvalue weighted by atomic mass is 35.5. The van der Waals surface area contributed by atoms with Crippen molar-refractivity contribution in [1.29, 1.82) is 0 Å². The predicted molar refractivity (Wildman–Crippen MR) is 162 cm³/mol. The summed E-state index contributed by atoms with van der Waals surface area (Å²) in [5.41, 5.74) is 2.59. The largest absolute Gasteiger partial charge is 0.444 e. The van der Waals surface area contributed by atoms with E-state index >= 15 is 0 Å². The molecule has 8 heteroatoms. The van der Waals surface area contributed by atoms with E-state index in [-0.39, 0.29) is 18.0 Å². The maximum absolute atomic E-state index is 14.2. The minimum Gasteiger partial charge on any atom is -0.444 e. The van der Waals surface area contributed by atoms with Crippen LogP contribution in [0.1, 0.15) is 61.7 Å². The van der Waals surface area contributed by atoms with Crippen molar-refractivity contribution in [3.63, 3.8) is 0 Å². The van der Waals surface area contributed by atoms with E-state index < -0.39 is 11.7 Å². The highest BCUT2D eigenvalue weighted by Gasteiger charge is 2.33. The number of thiophene rings is 1. The Morgan fingerprint density at radius 1 is 1.02 bits per heavy atom. The molecule has 1 aliphatic rings. The van der Waals surface area contributed by atoms with Gasteiger partial charge in [-0.1, -0.05) is 54.1 Å². The molecular weight excluding hydrogens is 542 g/mol. The number of fused-ring (bicyclic) bond motifs is 1. The van der Waals surface area contributed by atoms with Gasteiger partial charge in [0.15, 0.2) is 0 Å². The van der Waals surface area contributed by atoms with Crippen molar-refractivity contribution in [1.82, 2.24) is 15.2 Å². The van der Waals surface area contributed by atoms with E-state index in [0.717, 1.165) is 52.5 Å². The quantitative estimate of drug-likeness (QED) is 0.252. The van der Waals surface area contributed by atoms with Crippen LogP contribution in [0.3, 0.4) is 0 Å². The van der Waals surface area contributed by atoms with E-state index in [1.807, 2.05) is 74.3 Å². The van der Waals surface area contributed by atoms with Crippen LogP contribution in [0.5, 0.6) is 0 Å². The van der Waals surface area contributed by atoms with Gasteiger partial charge in [-0.3, -0.25) is 9.78 Å². The van der Waals surface area contributed by atoms with Crippen LogP contribution in [0, 0.1) is 0 Å². The molecule has 0 unspecified atom stereocenters. The lowest BCUT2D eigenvalue weighted by atomic mass is 9.89. The Morgan fingerprint density at radius 3 is 2.48 bits per heavy atom. The van der Waals surface area contributed by atoms with Gasteiger partial charge in [0, 0.05) is 41.1 Å². The summed E-state index contributed by atoms with van der Waals surface area (Å²) in [6, 6.07) is 20.1. The predicted octanol–water partition coefficient (Wildman–Crippen LogP) is 8.10. The number of carbonyl (C=O) groups is 2. The molecule has 6 nitrogen and oxygen atoms in total. The number of halogens is 1. The van der Waals surface area contributed by atoms with Crippen LogP contribution < -0.4 is 5.32 Å². The molecule has 208 valence electrons. The number of carbonyl (C=O) groups excluding carboxylic acids is 2. The fraction of sp³-hybridized carbons (Fsp3) is 0.344. The molecule has 1 saturated carbocycles. The Balaban J connectivity index is 1.38. The molecule has 0 saturated heterocycles. The molecule has 0 spiro atoms. The van der Waals surface area contributed by atoms with Crippen molar-refractivity contribution < 1.29 is 14.3 Å². The molecule has 0 radical (unpaired) electrons. The number of alkyl carbamates (subject to hydrolysis) is 1. The first kappa shape index (κ1) is 28.1. The van der Waals surface area contributed by atoms with Crippen molar-refractivity contribution in [2.45, 2.75) is 70.7 Å². The van der Waals surface area contributed by atoms with Gasteiger partial charge in [-0.2, -0.15) is 0 Å². The van der Waals surface area contributed by atoms with Gasteiger partial charge in [0.25, 0.3) is 5.91 Å². The Kier molecular flexibility index (Phi) is 8.43. The van der Waals surface area contributed by atoms with Crippen LogP contribution in [0.15, 0.2) is 73.1 Å². The molecule has 2 aromatic carbocycles. The van der Waals surface area contributed by atoms with Gasteiger partial charge in [0.1, 0.15) is 10.5 Å². The average Bonchev–Trinajstić information content (AvgIpc) is 3.28. The lowest BCUT2D eigenvalue weighted by molar-refractivity contribution is 0.0454. The van der Waals surface area contributed by atoms with Crippen LogP contribution in [0.2, 0.25) is 5.02 Å². The topological polar surface area (TPSA) is 71.5 Å². The molecule has 5 rings (SSSR count). The molecule has 2 aromatic heterocycles. The Bertz CT molecular complexity index is 1490. The summed E-state index contributed by atoms with van der Waals surface area (Å²) in [5, 5.41) is 4.43. The lowest BCUT2D eigenvalue weighted by Gasteiger charge is -2.37. The first-order chi connectivity index (χ1) is 19.2. The van der Waals surface area contributed by atoms with Gasteiger partial charge >= 0.3 is 6.09 Å². The van der Waals surface area contributed by atoms with E-state index in [1.54, 1.807) is 6.20 Å². The summed E-state index contributed by atoms with van der Waals surface area (Å²) in [4.78, 5) is 33.3. The standard InChI is InChI=1S/C32H34ClN3O3S/c1-32(2,3)39-31(38)35-24-13-15-25(16-14-24)36(30(37)29-28(33)26-11-4-5-12-27(26)40-29)20-21-8-6-9-22(18-21)23-10-7-17-34-19-23/h4-12,17-19,24-25H,13-16,20H2,1-3H3,(H,35,38)/t24-,25-. The van der Waals surface area contributed by atoms with Crippen LogP contribution in [0.4, 0.5) is 4.79 Å². The van der Waals surface area contributed by atoms with Gasteiger partial charge in [0.05, 0.1) is 5.02 Å². The molecule has 4 aromatic rings. The van der Waals surface area contributed by atoms with E-state index in [2.05, 4.69) is 28.5 Å². The fourth-order valence-corrected chi connectivity index (χ4v) is 6.70. The molecular formula is C32H34ClN3O3S. The monoisotopic (exact) mass is 575 g/mol. The molecule has 0 bridgehead atoms. The van der Waals surface area contributed by atoms with Gasteiger partial charge in [0.2, 0.25) is 0 Å². The number of nitrogens with zero attached hydrogens (tertiary/aromatic N) is 2. The molecule has 0 aliphatic heterocycles. The number of ether oxygens (including phenoxy) is 1. The van der Waals surface area contributed by atoms with Crippen LogP contribution in [0.25, 0.3) is 21.2 Å². The molecule has 40 heavy (non-hydrogen) atoms. The van der Waals surface area contributed by atoms with Crippen LogP contribution in [-0.4, -0.2) is 39.6 Å². The summed E-state index contributed by atoms with van der Waals surface area (Å²) in [5.74, 6) is -0.0541. The van der Waals surface area contributed by atoms with Crippen molar-refractivity contribution in [2.75, 3.05) is 0 Å². The summed E-state index contributed by atoms with van der Waals surface area (Å²) in [6.07, 6.45) is 6.29. The number of hydrogen-bond acceptors (Lipinski definition) is 5. The first-order valence-corrected chi connectivity index (χ1v) is 14.8. The molecule has 2 amide bonds. The zero-order chi connectivity index (χ0) is 28.3. The van der Waals surface area contributed by atoms with E-state index in [9.17, 15) is 9.59 Å². The molecule has 0 atom stereocenters. The highest BCUT2D eigenvalue weighted by molar-refractivity contribution is 7.21. The van der Waals surface area contributed by atoms with Crippen LogP contribution in [-0.2, 0) is 11.3 Å². The third-order valence-electron chi connectivity index (χ3n) is 7.12. The maximum Gasteiger partial charge on any atom is 0.407 e. The summed E-state index contributed by atoms with van der Waals surface area (Å²) in [7, 11) is 0. The molecule has 1 aliphatic carbocycles. The van der Waals surface area contributed by atoms with Crippen LogP contribution >= 0.6 is 22.9 Å². The summed E-state index contributed by atoms with van der Waals surface area (Å²) < 4.78 is 6.45. The average molecular weight is 576 g/mol. The number of hydrogen-bond donors (Lipinski definition) is 1. The SMILES string of the molecule is CC(C)(C)OC(=O)N[C@H]1CC[C@H](N(Cc2cccc(-c3cccnc3)c2)C(=O)c2sc3ccccc3c2Cl)CC1. The third kappa shape index (κ3) is 6.65. The number of benzene rings is 2. The number of aromatic nitrogens is 1. The zero-order valence-electron chi connectivity index (χ0n) is 23.0. The van der Waals surface area contributed by atoms with Gasteiger partial charge in [-0.25, -0.2) is 4.79 Å². The van der Waals surface area contributed by atoms with Crippen molar-refractivity contribution in [3.8, 4) is 11.1 Å². The second-order valence-electron chi connectivity index (χ2n) is 11.3. The Hall–Kier alpha value is -3.42. The first-order valence-electron chi connectivity index (χ1n) is 13.6. The molecule has 2 heterocycles. The number of rotatable bonds is 6. The van der Waals surface area contributed by atoms with Crippen molar-refractivity contribution >= 4 is 45.0 Å². The van der Waals surface area contributed by atoms with Crippen molar-refractivity contribution in [2.24, 2.45) is 0 Å². The number of nitrogens with one attached hydrogen (secondary N) is 1. The fourth-order valence-electron chi connectivity index (χ4n) is 5.23. The number of amides is 2. The summed E-state index contributed by atoms with van der Waals surface area (Å²) >= 11 is 8.22. The Morgan fingerprint density at radius 2 is 1.77 bits per heavy atom. The maximum atomic E-state index is 14.2. The Labute approximate surface area is 244 Å². The lowest BCUT2D eigenvalue weighted by Crippen LogP contribution is -2.46. The molecule has 1 N–H and O–H groups in total. The second kappa shape index (κ2) is 12.0. The smallest absolute Gasteiger partial charge is 0.407 e. The molecule has 1 fully saturated rings. The van der Waals surface area contributed by atoms with Crippen molar-refractivity contribution in [3.05, 3.63) is 88.5 Å². The zero-order valence-corrected chi connectivity index (χ0v) is 24.6. The van der Waals surface area contributed by atoms with Gasteiger partial charge in [-0.15, -0.1) is 11.3 Å². The summed E-state index contributed by atoms with van der Waals surface area (Å²) in [6.45, 7) is 6.03. The minimum atomic E-state index is -0.543. The minimum absolute atomic E-state index is 0.0184. The number of pyridine rings is 1. The third-order valence-corrected chi connectivity index (χ3v) is 8.79. The normalized spacial score (nSPS) is 17.4. The highest BCUT2D eigenvalue weighted by Crippen LogP contribution is 2.37. The van der Waals surface area contributed by atoms with Gasteiger partial charge < -0.3 is 15.0 Å². The van der Waals surface area contributed by atoms with Gasteiger partial charge in [-0.05, 0) is 81.3 Å². The van der Waals surface area contributed by atoms with E-state index in [0.29, 0.717) is 16.4 Å².